The van der Waals surface area contributed by atoms with Gasteiger partial charge in [-0.15, -0.1) is 9.78 Å². The molecule has 0 atom stereocenters. The highest BCUT2D eigenvalue weighted by atomic mass is 35.5. The van der Waals surface area contributed by atoms with Crippen LogP contribution in [0.5, 0.6) is 0 Å². The molecule has 0 aliphatic heterocycles. The average molecular weight is 340 g/mol. The molecule has 2 aromatic rings. The van der Waals surface area contributed by atoms with Crippen LogP contribution < -0.4 is 16.1 Å². The zero-order chi connectivity index (χ0) is 16.3. The molecular weight excluding hydrogens is 323 g/mol. The lowest BCUT2D eigenvalue weighted by atomic mass is 10.2. The van der Waals surface area contributed by atoms with Crippen LogP contribution in [0.1, 0.15) is 22.5 Å². The minimum atomic E-state index is -0.0854. The SMILES string of the molecule is Cc1[nH][n+](Cc2c(Cl)cccc2Cl)c(C)c1/C=N/N=C(N)N. The molecule has 0 saturated carbocycles. The molecule has 0 bridgehead atoms. The molecule has 8 heteroatoms. The van der Waals surface area contributed by atoms with Crippen LogP contribution in [0.2, 0.25) is 10.0 Å². The monoisotopic (exact) mass is 339 g/mol. The van der Waals surface area contributed by atoms with Crippen molar-refractivity contribution in [1.82, 2.24) is 5.10 Å². The van der Waals surface area contributed by atoms with Crippen molar-refractivity contribution in [2.75, 3.05) is 0 Å². The lowest BCUT2D eigenvalue weighted by Gasteiger charge is -2.02. The summed E-state index contributed by atoms with van der Waals surface area (Å²) in [5.74, 6) is -0.0854. The Morgan fingerprint density at radius 1 is 1.27 bits per heavy atom. The summed E-state index contributed by atoms with van der Waals surface area (Å²) in [6.07, 6.45) is 1.60. The zero-order valence-electron chi connectivity index (χ0n) is 12.3. The van der Waals surface area contributed by atoms with Crippen molar-refractivity contribution in [2.24, 2.45) is 21.7 Å². The van der Waals surface area contributed by atoms with Crippen LogP contribution in [-0.2, 0) is 6.54 Å². The van der Waals surface area contributed by atoms with E-state index < -0.39 is 0 Å². The number of aromatic amines is 1. The van der Waals surface area contributed by atoms with Gasteiger partial charge in [-0.1, -0.05) is 29.3 Å². The molecule has 22 heavy (non-hydrogen) atoms. The predicted octanol–water partition coefficient (Wildman–Crippen LogP) is 1.88. The minimum Gasteiger partial charge on any atom is -0.369 e. The van der Waals surface area contributed by atoms with Crippen molar-refractivity contribution in [3.8, 4) is 0 Å². The largest absolute Gasteiger partial charge is 0.369 e. The molecule has 0 aliphatic rings. The Bertz CT molecular complexity index is 724. The number of rotatable bonds is 4. The van der Waals surface area contributed by atoms with E-state index in [2.05, 4.69) is 15.3 Å². The number of benzene rings is 1. The quantitative estimate of drug-likeness (QED) is 0.343. The normalized spacial score (nSPS) is 11.1. The van der Waals surface area contributed by atoms with Crippen LogP contribution in [0.25, 0.3) is 0 Å². The summed E-state index contributed by atoms with van der Waals surface area (Å²) in [6.45, 7) is 4.43. The summed E-state index contributed by atoms with van der Waals surface area (Å²) < 4.78 is 1.94. The number of aryl methyl sites for hydroxylation is 1. The third kappa shape index (κ3) is 3.58. The molecule has 1 aromatic heterocycles. The molecular formula is C14H17Cl2N6+. The lowest BCUT2D eigenvalue weighted by molar-refractivity contribution is -0.747. The van der Waals surface area contributed by atoms with Crippen LogP contribution >= 0.6 is 23.2 Å². The predicted molar refractivity (Wildman–Crippen MR) is 89.4 cm³/mol. The summed E-state index contributed by atoms with van der Waals surface area (Å²) >= 11 is 12.4. The van der Waals surface area contributed by atoms with Gasteiger partial charge in [-0.2, -0.15) is 10.2 Å². The number of hydrogen-bond acceptors (Lipinski definition) is 2. The molecule has 2 rings (SSSR count). The van der Waals surface area contributed by atoms with E-state index in [-0.39, 0.29) is 5.96 Å². The molecule has 1 aromatic carbocycles. The number of guanidine groups is 1. The Labute approximate surface area is 138 Å². The highest BCUT2D eigenvalue weighted by Gasteiger charge is 2.20. The van der Waals surface area contributed by atoms with Crippen molar-refractivity contribution >= 4 is 35.4 Å². The molecule has 1 heterocycles. The molecule has 5 N–H and O–H groups in total. The maximum atomic E-state index is 6.21. The van der Waals surface area contributed by atoms with Gasteiger partial charge in [0.05, 0.1) is 33.1 Å². The van der Waals surface area contributed by atoms with Crippen molar-refractivity contribution in [3.05, 3.63) is 50.8 Å². The van der Waals surface area contributed by atoms with Gasteiger partial charge in [-0.05, 0) is 19.1 Å². The molecule has 0 radical (unpaired) electrons. The molecule has 0 aliphatic carbocycles. The minimum absolute atomic E-state index is 0.0854. The Morgan fingerprint density at radius 2 is 1.91 bits per heavy atom. The molecule has 0 unspecified atom stereocenters. The molecule has 0 amide bonds. The first kappa shape index (κ1) is 16.3. The first-order chi connectivity index (χ1) is 10.4. The van der Waals surface area contributed by atoms with Gasteiger partial charge in [0.1, 0.15) is 0 Å². The van der Waals surface area contributed by atoms with E-state index in [0.717, 1.165) is 22.5 Å². The molecule has 6 nitrogen and oxygen atoms in total. The van der Waals surface area contributed by atoms with E-state index in [9.17, 15) is 0 Å². The second-order valence-electron chi connectivity index (χ2n) is 4.79. The number of H-pyrrole nitrogens is 1. The highest BCUT2D eigenvalue weighted by molar-refractivity contribution is 6.35. The van der Waals surface area contributed by atoms with E-state index in [4.69, 9.17) is 34.7 Å². The first-order valence-electron chi connectivity index (χ1n) is 6.54. The smallest absolute Gasteiger partial charge is 0.214 e. The Kier molecular flexibility index (Phi) is 5.05. The second kappa shape index (κ2) is 6.81. The van der Waals surface area contributed by atoms with Crippen LogP contribution in [0.4, 0.5) is 0 Å². The summed E-state index contributed by atoms with van der Waals surface area (Å²) in [5, 5.41) is 12.0. The maximum Gasteiger partial charge on any atom is 0.214 e. The van der Waals surface area contributed by atoms with Crippen molar-refractivity contribution < 1.29 is 4.68 Å². The first-order valence-corrected chi connectivity index (χ1v) is 7.29. The van der Waals surface area contributed by atoms with Gasteiger partial charge in [0.2, 0.25) is 11.7 Å². The Hall–Kier alpha value is -2.05. The summed E-state index contributed by atoms with van der Waals surface area (Å²) in [4.78, 5) is 0. The Balaban J connectivity index is 2.34. The van der Waals surface area contributed by atoms with Crippen molar-refractivity contribution in [2.45, 2.75) is 20.4 Å². The van der Waals surface area contributed by atoms with E-state index in [1.165, 1.54) is 0 Å². The number of nitrogens with one attached hydrogen (secondary N) is 1. The molecule has 0 fully saturated rings. The summed E-state index contributed by atoms with van der Waals surface area (Å²) in [6, 6.07) is 5.45. The number of aromatic nitrogens is 2. The van der Waals surface area contributed by atoms with Crippen molar-refractivity contribution in [1.29, 1.82) is 0 Å². The van der Waals surface area contributed by atoms with E-state index in [1.807, 2.05) is 36.7 Å². The second-order valence-corrected chi connectivity index (χ2v) is 5.61. The zero-order valence-corrected chi connectivity index (χ0v) is 13.8. The van der Waals surface area contributed by atoms with E-state index in [0.29, 0.717) is 16.6 Å². The highest BCUT2D eigenvalue weighted by Crippen LogP contribution is 2.24. The number of nitrogens with two attached hydrogens (primary N) is 2. The topological polar surface area (TPSA) is 96.4 Å². The third-order valence-corrected chi connectivity index (χ3v) is 3.95. The van der Waals surface area contributed by atoms with Gasteiger partial charge < -0.3 is 11.5 Å². The van der Waals surface area contributed by atoms with Gasteiger partial charge in [0.15, 0.2) is 6.54 Å². The third-order valence-electron chi connectivity index (χ3n) is 3.24. The van der Waals surface area contributed by atoms with Crippen LogP contribution in [0.3, 0.4) is 0 Å². The fourth-order valence-corrected chi connectivity index (χ4v) is 2.62. The number of hydrogen-bond donors (Lipinski definition) is 3. The van der Waals surface area contributed by atoms with Gasteiger partial charge in [-0.25, -0.2) is 0 Å². The molecule has 116 valence electrons. The van der Waals surface area contributed by atoms with E-state index >= 15 is 0 Å². The number of halogens is 2. The van der Waals surface area contributed by atoms with Gasteiger partial charge in [0, 0.05) is 6.92 Å². The standard InChI is InChI=1S/C14H16Cl2N6/c1-8-10(6-19-20-14(17)18)9(2)22(21-8)7-11-12(15)4-3-5-13(11)16/h3-6H,7H2,1-2H3,(H4,17,18,20)/p+1/b19-6+. The van der Waals surface area contributed by atoms with Crippen LogP contribution in [-0.4, -0.2) is 17.3 Å². The average Bonchev–Trinajstić information content (AvgIpc) is 2.70. The van der Waals surface area contributed by atoms with Crippen molar-refractivity contribution in [3.63, 3.8) is 0 Å². The summed E-state index contributed by atoms with van der Waals surface area (Å²) in [7, 11) is 0. The van der Waals surface area contributed by atoms with Gasteiger partial charge >= 0.3 is 0 Å². The molecule has 0 spiro atoms. The summed E-state index contributed by atoms with van der Waals surface area (Å²) in [5.41, 5.74) is 14.2. The van der Waals surface area contributed by atoms with Crippen LogP contribution in [0, 0.1) is 13.8 Å². The fraction of sp³-hybridized carbons (Fsp3) is 0.214. The maximum absolute atomic E-state index is 6.21. The van der Waals surface area contributed by atoms with Gasteiger partial charge in [0.25, 0.3) is 0 Å². The number of nitrogens with zero attached hydrogens (tertiary/aromatic N) is 3. The van der Waals surface area contributed by atoms with Crippen LogP contribution in [0.15, 0.2) is 28.4 Å². The lowest BCUT2D eigenvalue weighted by Crippen LogP contribution is -2.39. The molecule has 0 saturated heterocycles. The van der Waals surface area contributed by atoms with E-state index in [1.54, 1.807) is 6.21 Å². The Morgan fingerprint density at radius 3 is 2.50 bits per heavy atom. The fourth-order valence-electron chi connectivity index (χ4n) is 2.11. The van der Waals surface area contributed by atoms with Gasteiger partial charge in [-0.3, -0.25) is 0 Å².